The third kappa shape index (κ3) is 5.37. The maximum atomic E-state index is 12.1. The smallest absolute Gasteiger partial charge is 0.411 e. The molecule has 1 aromatic carbocycles. The Morgan fingerprint density at radius 1 is 1.32 bits per heavy atom. The van der Waals surface area contributed by atoms with Gasteiger partial charge in [0, 0.05) is 18.3 Å². The van der Waals surface area contributed by atoms with Crippen LogP contribution in [-0.4, -0.2) is 37.3 Å². The van der Waals surface area contributed by atoms with Crippen molar-refractivity contribution in [2.75, 3.05) is 19.5 Å². The molecular weight excluding hydrogens is 390 g/mol. The maximum absolute atomic E-state index is 12.1. The molecule has 1 heterocycles. The zero-order valence-electron chi connectivity index (χ0n) is 19.1. The van der Waals surface area contributed by atoms with Crippen LogP contribution >= 0.6 is 0 Å². The standard InChI is InChI=1S/C23H25N3O3.C2H6/c1-5-15(2)29-23(27)25-17-8-6-7-16(13-17)22-20(14-24)19-11-9-18(28-4)10-12-21(19)26(22)3;1-2/h6-13,15,21H,5H2,1-4H3,(H,25,27);1-2H3. The average Bonchev–Trinajstić information content (AvgIpc) is 2.91. The molecule has 1 amide bonds. The molecule has 1 aliphatic carbocycles. The van der Waals surface area contributed by atoms with Crippen molar-refractivity contribution < 1.29 is 14.3 Å². The van der Waals surface area contributed by atoms with Gasteiger partial charge < -0.3 is 14.4 Å². The Kier molecular flexibility index (Phi) is 8.51. The van der Waals surface area contributed by atoms with Crippen LogP contribution in [0.3, 0.4) is 0 Å². The van der Waals surface area contributed by atoms with E-state index in [1.807, 2.05) is 77.2 Å². The summed E-state index contributed by atoms with van der Waals surface area (Å²) in [5.74, 6) is 0.741. The summed E-state index contributed by atoms with van der Waals surface area (Å²) < 4.78 is 10.6. The summed E-state index contributed by atoms with van der Waals surface area (Å²) in [7, 11) is 3.58. The minimum absolute atomic E-state index is 0.0597. The first-order valence-electron chi connectivity index (χ1n) is 10.6. The van der Waals surface area contributed by atoms with Crippen LogP contribution in [0.2, 0.25) is 0 Å². The topological polar surface area (TPSA) is 74.6 Å². The first-order valence-corrected chi connectivity index (χ1v) is 10.6. The van der Waals surface area contributed by atoms with Crippen LogP contribution in [0.25, 0.3) is 5.70 Å². The van der Waals surface area contributed by atoms with Crippen molar-refractivity contribution in [3.63, 3.8) is 0 Å². The summed E-state index contributed by atoms with van der Waals surface area (Å²) in [4.78, 5) is 14.1. The van der Waals surface area contributed by atoms with Crippen LogP contribution in [0.4, 0.5) is 10.5 Å². The van der Waals surface area contributed by atoms with Gasteiger partial charge in [-0.15, -0.1) is 0 Å². The Labute approximate surface area is 185 Å². The number of nitrogens with zero attached hydrogens (tertiary/aromatic N) is 2. The molecule has 0 spiro atoms. The van der Waals surface area contributed by atoms with Crippen molar-refractivity contribution in [1.29, 1.82) is 5.26 Å². The molecule has 164 valence electrons. The number of benzene rings is 1. The number of anilines is 1. The maximum Gasteiger partial charge on any atom is 0.411 e. The summed E-state index contributed by atoms with van der Waals surface area (Å²) in [5, 5.41) is 12.6. The van der Waals surface area contributed by atoms with Crippen LogP contribution in [-0.2, 0) is 9.47 Å². The van der Waals surface area contributed by atoms with Gasteiger partial charge in [-0.3, -0.25) is 5.32 Å². The van der Waals surface area contributed by atoms with Crippen LogP contribution in [0.1, 0.15) is 39.7 Å². The van der Waals surface area contributed by atoms with E-state index in [9.17, 15) is 10.1 Å². The Morgan fingerprint density at radius 3 is 2.71 bits per heavy atom. The molecule has 1 N–H and O–H groups in total. The van der Waals surface area contributed by atoms with Crippen molar-refractivity contribution in [2.45, 2.75) is 46.3 Å². The summed E-state index contributed by atoms with van der Waals surface area (Å²) in [6.45, 7) is 7.81. The molecule has 1 aliphatic heterocycles. The average molecular weight is 422 g/mol. The molecule has 0 radical (unpaired) electrons. The highest BCUT2D eigenvalue weighted by atomic mass is 16.6. The fraction of sp³-hybridized carbons (Fsp3) is 0.360. The highest BCUT2D eigenvalue weighted by Gasteiger charge is 2.33. The number of carbonyl (C=O) groups is 1. The highest BCUT2D eigenvalue weighted by Crippen LogP contribution is 2.40. The number of rotatable bonds is 5. The van der Waals surface area contributed by atoms with Crippen LogP contribution in [0, 0.1) is 11.3 Å². The molecule has 0 saturated heterocycles. The van der Waals surface area contributed by atoms with Gasteiger partial charge in [-0.1, -0.05) is 45.1 Å². The minimum atomic E-state index is -0.487. The van der Waals surface area contributed by atoms with E-state index >= 15 is 0 Å². The Balaban J connectivity index is 0.00000166. The number of nitrogens with one attached hydrogen (secondary N) is 1. The molecule has 31 heavy (non-hydrogen) atoms. The van der Waals surface area contributed by atoms with E-state index in [4.69, 9.17) is 9.47 Å². The van der Waals surface area contributed by atoms with Gasteiger partial charge in [0.2, 0.25) is 0 Å². The Morgan fingerprint density at radius 2 is 2.06 bits per heavy atom. The molecule has 2 atom stereocenters. The molecule has 6 nitrogen and oxygen atoms in total. The van der Waals surface area contributed by atoms with Gasteiger partial charge in [0.1, 0.15) is 17.9 Å². The molecule has 0 fully saturated rings. The van der Waals surface area contributed by atoms with E-state index in [2.05, 4.69) is 16.3 Å². The molecule has 6 heteroatoms. The van der Waals surface area contributed by atoms with Crippen molar-refractivity contribution in [3.8, 4) is 6.07 Å². The lowest BCUT2D eigenvalue weighted by Gasteiger charge is -2.23. The molecule has 2 aliphatic rings. The second-order valence-corrected chi connectivity index (χ2v) is 6.98. The normalized spacial score (nSPS) is 17.8. The predicted molar refractivity (Wildman–Crippen MR) is 124 cm³/mol. The summed E-state index contributed by atoms with van der Waals surface area (Å²) >= 11 is 0. The number of ether oxygens (including phenoxy) is 2. The fourth-order valence-corrected chi connectivity index (χ4v) is 3.40. The van der Waals surface area contributed by atoms with Crippen LogP contribution in [0.15, 0.2) is 65.5 Å². The number of amides is 1. The van der Waals surface area contributed by atoms with Gasteiger partial charge in [0.15, 0.2) is 0 Å². The van der Waals surface area contributed by atoms with Gasteiger partial charge in [0.25, 0.3) is 0 Å². The molecule has 3 rings (SSSR count). The van der Waals surface area contributed by atoms with Crippen molar-refractivity contribution in [1.82, 2.24) is 4.90 Å². The third-order valence-corrected chi connectivity index (χ3v) is 5.10. The SMILES string of the molecule is CC.CCC(C)OC(=O)Nc1cccc(C2=C(C#N)C3=CC=C(OC)C=CC3N2C)c1. The summed E-state index contributed by atoms with van der Waals surface area (Å²) in [6, 6.07) is 9.73. The largest absolute Gasteiger partial charge is 0.497 e. The quantitative estimate of drug-likeness (QED) is 0.666. The second-order valence-electron chi connectivity index (χ2n) is 6.98. The monoisotopic (exact) mass is 421 g/mol. The number of likely N-dealkylation sites (N-methyl/N-ethyl adjacent to an activating group) is 1. The lowest BCUT2D eigenvalue weighted by atomic mass is 10.0. The summed E-state index contributed by atoms with van der Waals surface area (Å²) in [5.41, 5.74) is 3.82. The van der Waals surface area contributed by atoms with Crippen molar-refractivity contribution in [3.05, 3.63) is 71.0 Å². The first-order chi connectivity index (χ1) is 15.0. The van der Waals surface area contributed by atoms with E-state index < -0.39 is 6.09 Å². The van der Waals surface area contributed by atoms with Crippen LogP contribution < -0.4 is 5.32 Å². The van der Waals surface area contributed by atoms with Gasteiger partial charge in [-0.05, 0) is 43.2 Å². The van der Waals surface area contributed by atoms with E-state index in [-0.39, 0.29) is 12.1 Å². The number of hydrogen-bond acceptors (Lipinski definition) is 5. The Bertz CT molecular complexity index is 966. The van der Waals surface area contributed by atoms with Crippen molar-refractivity contribution in [2.24, 2.45) is 0 Å². The van der Waals surface area contributed by atoms with Gasteiger partial charge in [0.05, 0.1) is 24.4 Å². The van der Waals surface area contributed by atoms with Crippen molar-refractivity contribution >= 4 is 17.5 Å². The van der Waals surface area contributed by atoms with Crippen LogP contribution in [0.5, 0.6) is 0 Å². The lowest BCUT2D eigenvalue weighted by Crippen LogP contribution is -2.24. The van der Waals surface area contributed by atoms with E-state index in [0.717, 1.165) is 29.0 Å². The molecule has 1 aromatic rings. The van der Waals surface area contributed by atoms with Gasteiger partial charge >= 0.3 is 6.09 Å². The molecule has 2 unspecified atom stereocenters. The zero-order valence-corrected chi connectivity index (χ0v) is 19.1. The number of nitriles is 1. The number of fused-ring (bicyclic) bond motifs is 1. The third-order valence-electron chi connectivity index (χ3n) is 5.10. The number of methoxy groups -OCH3 is 1. The highest BCUT2D eigenvalue weighted by molar-refractivity contribution is 5.87. The summed E-state index contributed by atoms with van der Waals surface area (Å²) in [6.07, 6.45) is 7.83. The molecule has 0 bridgehead atoms. The van der Waals surface area contributed by atoms with E-state index in [0.29, 0.717) is 11.3 Å². The Hall–Kier alpha value is -3.46. The van der Waals surface area contributed by atoms with E-state index in [1.165, 1.54) is 0 Å². The van der Waals surface area contributed by atoms with Gasteiger partial charge in [-0.2, -0.15) is 5.26 Å². The number of allylic oxidation sites excluding steroid dienone is 3. The fourth-order valence-electron chi connectivity index (χ4n) is 3.40. The van der Waals surface area contributed by atoms with Gasteiger partial charge in [-0.25, -0.2) is 4.79 Å². The first kappa shape index (κ1) is 23.8. The zero-order chi connectivity index (χ0) is 23.0. The van der Waals surface area contributed by atoms with E-state index in [1.54, 1.807) is 13.2 Å². The predicted octanol–water partition coefficient (Wildman–Crippen LogP) is 5.63. The molecule has 0 aromatic heterocycles. The molecule has 0 saturated carbocycles. The minimum Gasteiger partial charge on any atom is -0.497 e. The number of hydrogen-bond donors (Lipinski definition) is 1. The second kappa shape index (κ2) is 11.1. The molecular formula is C25H31N3O3. The lowest BCUT2D eigenvalue weighted by molar-refractivity contribution is 0.118. The number of carbonyl (C=O) groups excluding carboxylic acids is 1.